The zero-order valence-electron chi connectivity index (χ0n) is 41.3. The molecule has 0 aromatic heterocycles. The lowest BCUT2D eigenvalue weighted by atomic mass is 10.1. The zero-order valence-corrected chi connectivity index (χ0v) is 41.3. The van der Waals surface area contributed by atoms with Gasteiger partial charge in [-0.15, -0.1) is 0 Å². The summed E-state index contributed by atoms with van der Waals surface area (Å²) in [6, 6.07) is 0. The van der Waals surface area contributed by atoms with E-state index < -0.39 is 6.10 Å². The number of ether oxygens (including phenoxy) is 3. The van der Waals surface area contributed by atoms with Gasteiger partial charge in [0.1, 0.15) is 13.2 Å². The molecule has 0 saturated carbocycles. The fourth-order valence-corrected chi connectivity index (χ4v) is 7.19. The fourth-order valence-electron chi connectivity index (χ4n) is 7.19. The van der Waals surface area contributed by atoms with Gasteiger partial charge in [0.2, 0.25) is 0 Å². The summed E-state index contributed by atoms with van der Waals surface area (Å²) < 4.78 is 16.8. The van der Waals surface area contributed by atoms with Crippen molar-refractivity contribution in [3.8, 4) is 0 Å². The Hall–Kier alpha value is -3.15. The Morgan fingerprint density at radius 3 is 1.00 bits per heavy atom. The van der Waals surface area contributed by atoms with Crippen molar-refractivity contribution in [1.29, 1.82) is 0 Å². The van der Waals surface area contributed by atoms with Crippen molar-refractivity contribution in [2.24, 2.45) is 0 Å². The first-order valence-corrected chi connectivity index (χ1v) is 26.4. The molecule has 0 saturated heterocycles. The van der Waals surface area contributed by atoms with Gasteiger partial charge in [-0.05, 0) is 109 Å². The summed E-state index contributed by atoms with van der Waals surface area (Å²) in [4.78, 5) is 38.0. The van der Waals surface area contributed by atoms with Crippen LogP contribution in [0, 0.1) is 0 Å². The van der Waals surface area contributed by atoms with Crippen molar-refractivity contribution >= 4 is 17.9 Å². The number of allylic oxidation sites excluding steroid dienone is 12. The molecule has 1 atom stereocenters. The maximum atomic E-state index is 12.8. The second-order valence-corrected chi connectivity index (χ2v) is 17.4. The van der Waals surface area contributed by atoms with E-state index in [0.29, 0.717) is 19.3 Å². The topological polar surface area (TPSA) is 78.9 Å². The molecule has 0 heterocycles. The molecule has 0 bridgehead atoms. The van der Waals surface area contributed by atoms with Crippen LogP contribution in [0.3, 0.4) is 0 Å². The van der Waals surface area contributed by atoms with Crippen LogP contribution in [-0.4, -0.2) is 37.2 Å². The maximum absolute atomic E-state index is 12.8. The Labute approximate surface area is 389 Å². The summed E-state index contributed by atoms with van der Waals surface area (Å²) in [6.45, 7) is 6.47. The van der Waals surface area contributed by atoms with E-state index in [4.69, 9.17) is 14.2 Å². The van der Waals surface area contributed by atoms with Crippen molar-refractivity contribution in [2.45, 2.75) is 258 Å². The van der Waals surface area contributed by atoms with Crippen molar-refractivity contribution in [1.82, 2.24) is 0 Å². The highest BCUT2D eigenvalue weighted by atomic mass is 16.6. The minimum atomic E-state index is -0.792. The number of hydrogen-bond donors (Lipinski definition) is 0. The minimum absolute atomic E-state index is 0.0910. The highest BCUT2D eigenvalue weighted by molar-refractivity contribution is 5.71. The third-order valence-corrected chi connectivity index (χ3v) is 11.2. The SMILES string of the molecule is CC/C=C\C/C=C\C/C=C\C/C=C\CCCCCCC(=O)OC[C@H](COC(=O)CCCCCCC/C=C\CCCCCC)OC(=O)CCCCCCC/C=C\CCCCCCCC. The van der Waals surface area contributed by atoms with Crippen LogP contribution in [0.1, 0.15) is 252 Å². The van der Waals surface area contributed by atoms with Crippen LogP contribution in [0.4, 0.5) is 0 Å². The molecule has 0 fully saturated rings. The van der Waals surface area contributed by atoms with E-state index in [1.54, 1.807) is 0 Å². The highest BCUT2D eigenvalue weighted by Gasteiger charge is 2.19. The van der Waals surface area contributed by atoms with Crippen LogP contribution in [0.2, 0.25) is 0 Å². The van der Waals surface area contributed by atoms with Crippen LogP contribution in [0.15, 0.2) is 72.9 Å². The Morgan fingerprint density at radius 1 is 0.333 bits per heavy atom. The van der Waals surface area contributed by atoms with Crippen LogP contribution >= 0.6 is 0 Å². The Morgan fingerprint density at radius 2 is 0.619 bits per heavy atom. The molecule has 0 aromatic rings. The van der Waals surface area contributed by atoms with E-state index in [9.17, 15) is 14.4 Å². The van der Waals surface area contributed by atoms with Gasteiger partial charge in [0.25, 0.3) is 0 Å². The number of carbonyl (C=O) groups is 3. The van der Waals surface area contributed by atoms with E-state index in [1.807, 2.05) is 0 Å². The van der Waals surface area contributed by atoms with E-state index in [-0.39, 0.29) is 31.1 Å². The smallest absolute Gasteiger partial charge is 0.306 e. The lowest BCUT2D eigenvalue weighted by molar-refractivity contribution is -0.167. The first kappa shape index (κ1) is 59.9. The van der Waals surface area contributed by atoms with Gasteiger partial charge in [0.15, 0.2) is 6.10 Å². The number of carbonyl (C=O) groups excluding carboxylic acids is 3. The molecule has 0 N–H and O–H groups in total. The first-order chi connectivity index (χ1) is 31.0. The highest BCUT2D eigenvalue weighted by Crippen LogP contribution is 2.14. The predicted molar refractivity (Wildman–Crippen MR) is 270 cm³/mol. The minimum Gasteiger partial charge on any atom is -0.462 e. The van der Waals surface area contributed by atoms with Gasteiger partial charge in [-0.1, -0.05) is 196 Å². The second kappa shape index (κ2) is 51.5. The third-order valence-electron chi connectivity index (χ3n) is 11.2. The van der Waals surface area contributed by atoms with Gasteiger partial charge in [-0.25, -0.2) is 0 Å². The van der Waals surface area contributed by atoms with E-state index in [1.165, 1.54) is 96.3 Å². The molecule has 0 aliphatic rings. The van der Waals surface area contributed by atoms with Crippen LogP contribution in [0.25, 0.3) is 0 Å². The Kier molecular flexibility index (Phi) is 48.9. The van der Waals surface area contributed by atoms with Crippen LogP contribution < -0.4 is 0 Å². The Bertz CT molecular complexity index is 1190. The van der Waals surface area contributed by atoms with Gasteiger partial charge in [-0.2, -0.15) is 0 Å². The fraction of sp³-hybridized carbons (Fsp3) is 0.737. The van der Waals surface area contributed by atoms with Crippen molar-refractivity contribution < 1.29 is 28.6 Å². The quantitative estimate of drug-likeness (QED) is 0.0262. The maximum Gasteiger partial charge on any atom is 0.306 e. The average molecular weight is 879 g/mol. The first-order valence-electron chi connectivity index (χ1n) is 26.4. The summed E-state index contributed by atoms with van der Waals surface area (Å²) in [5.41, 5.74) is 0. The van der Waals surface area contributed by atoms with E-state index in [2.05, 4.69) is 93.7 Å². The van der Waals surface area contributed by atoms with Gasteiger partial charge < -0.3 is 14.2 Å². The van der Waals surface area contributed by atoms with Crippen molar-refractivity contribution in [3.63, 3.8) is 0 Å². The molecule has 63 heavy (non-hydrogen) atoms. The standard InChI is InChI=1S/C57H98O6/c1-4-7-10-13-16-19-22-25-27-28-30-32-35-38-41-44-47-50-56(59)62-53-54(52-61-55(58)49-46-43-40-37-34-31-24-21-18-15-12-9-6-3)63-57(60)51-48-45-42-39-36-33-29-26-23-20-17-14-11-8-5-2/h7,10,16,19,21,24-27,29-30,32,54H,4-6,8-9,11-15,17-18,20,22-23,28,31,33-53H2,1-3H3/b10-7-,19-16-,24-21-,27-25-,29-26-,32-30-/t54-/m0/s1. The second-order valence-electron chi connectivity index (χ2n) is 17.4. The molecule has 0 aromatic carbocycles. The van der Waals surface area contributed by atoms with Crippen LogP contribution in [-0.2, 0) is 28.6 Å². The lowest BCUT2D eigenvalue weighted by Crippen LogP contribution is -2.30. The number of esters is 3. The van der Waals surface area contributed by atoms with Gasteiger partial charge in [0, 0.05) is 19.3 Å². The molecular formula is C57H98O6. The van der Waals surface area contributed by atoms with Crippen molar-refractivity contribution in [2.75, 3.05) is 13.2 Å². The zero-order chi connectivity index (χ0) is 45.8. The molecule has 0 amide bonds. The van der Waals surface area contributed by atoms with Gasteiger partial charge in [-0.3, -0.25) is 14.4 Å². The number of rotatable bonds is 47. The summed E-state index contributed by atoms with van der Waals surface area (Å²) in [6.07, 6.45) is 64.5. The third kappa shape index (κ3) is 49.7. The summed E-state index contributed by atoms with van der Waals surface area (Å²) in [5.74, 6) is -0.929. The average Bonchev–Trinajstić information content (AvgIpc) is 3.28. The normalized spacial score (nSPS) is 12.6. The summed E-state index contributed by atoms with van der Waals surface area (Å²) in [5, 5.41) is 0. The van der Waals surface area contributed by atoms with E-state index >= 15 is 0 Å². The molecule has 0 radical (unpaired) electrons. The monoisotopic (exact) mass is 879 g/mol. The Balaban J connectivity index is 4.45. The summed E-state index contributed by atoms with van der Waals surface area (Å²) in [7, 11) is 0. The molecule has 6 heteroatoms. The molecule has 0 unspecified atom stereocenters. The largest absolute Gasteiger partial charge is 0.462 e. The molecule has 6 nitrogen and oxygen atoms in total. The van der Waals surface area contributed by atoms with Gasteiger partial charge in [0.05, 0.1) is 0 Å². The molecule has 362 valence electrons. The van der Waals surface area contributed by atoms with Crippen LogP contribution in [0.5, 0.6) is 0 Å². The molecule has 0 aliphatic heterocycles. The lowest BCUT2D eigenvalue weighted by Gasteiger charge is -2.18. The van der Waals surface area contributed by atoms with Gasteiger partial charge >= 0.3 is 17.9 Å². The predicted octanol–water partition coefficient (Wildman–Crippen LogP) is 17.4. The molecule has 0 rings (SSSR count). The van der Waals surface area contributed by atoms with E-state index in [0.717, 1.165) is 116 Å². The molecule has 0 spiro atoms. The number of unbranched alkanes of at least 4 members (excludes halogenated alkanes) is 24. The number of hydrogen-bond acceptors (Lipinski definition) is 6. The summed E-state index contributed by atoms with van der Waals surface area (Å²) >= 11 is 0. The molecule has 0 aliphatic carbocycles. The van der Waals surface area contributed by atoms with Crippen molar-refractivity contribution in [3.05, 3.63) is 72.9 Å². The molecular weight excluding hydrogens is 781 g/mol.